The molecule has 0 radical (unpaired) electrons. The van der Waals surface area contributed by atoms with Gasteiger partial charge < -0.3 is 19.2 Å². The summed E-state index contributed by atoms with van der Waals surface area (Å²) in [6, 6.07) is 12.8. The molecule has 1 fully saturated rings. The molecule has 2 heterocycles. The van der Waals surface area contributed by atoms with Crippen molar-refractivity contribution in [2.75, 3.05) is 20.3 Å². The van der Waals surface area contributed by atoms with Gasteiger partial charge in [0.1, 0.15) is 11.5 Å². The first-order valence-electron chi connectivity index (χ1n) is 9.70. The van der Waals surface area contributed by atoms with Crippen LogP contribution in [0, 0.1) is 5.92 Å². The maximum Gasteiger partial charge on any atom is 0.122 e. The van der Waals surface area contributed by atoms with Crippen molar-refractivity contribution in [3.8, 4) is 5.75 Å². The molecule has 0 aliphatic carbocycles. The Morgan fingerprint density at radius 1 is 1.19 bits per heavy atom. The van der Waals surface area contributed by atoms with Gasteiger partial charge in [0.15, 0.2) is 0 Å². The fourth-order valence-corrected chi connectivity index (χ4v) is 3.80. The molecule has 4 nitrogen and oxygen atoms in total. The Hall–Kier alpha value is -1.78. The second-order valence-electron chi connectivity index (χ2n) is 7.43. The fourth-order valence-electron chi connectivity index (χ4n) is 3.80. The first-order chi connectivity index (χ1) is 12.7. The second kappa shape index (κ2) is 9.24. The number of ether oxygens (including phenoxy) is 2. The van der Waals surface area contributed by atoms with Gasteiger partial charge in [0.2, 0.25) is 0 Å². The molecule has 1 aliphatic rings. The third kappa shape index (κ3) is 4.68. The van der Waals surface area contributed by atoms with Crippen LogP contribution in [0.5, 0.6) is 5.75 Å². The lowest BCUT2D eigenvalue weighted by molar-refractivity contribution is -0.0243. The Labute approximate surface area is 156 Å². The molecular weight excluding hydrogens is 326 g/mol. The van der Waals surface area contributed by atoms with Crippen LogP contribution in [0.25, 0.3) is 0 Å². The maximum absolute atomic E-state index is 5.88. The van der Waals surface area contributed by atoms with Gasteiger partial charge in [-0.2, -0.15) is 0 Å². The molecule has 4 heteroatoms. The summed E-state index contributed by atoms with van der Waals surface area (Å²) >= 11 is 0. The first-order valence-corrected chi connectivity index (χ1v) is 9.70. The monoisotopic (exact) mass is 357 g/mol. The van der Waals surface area contributed by atoms with Crippen molar-refractivity contribution in [2.24, 2.45) is 5.92 Å². The average molecular weight is 357 g/mol. The lowest BCUT2D eigenvalue weighted by Gasteiger charge is -2.32. The van der Waals surface area contributed by atoms with E-state index < -0.39 is 0 Å². The summed E-state index contributed by atoms with van der Waals surface area (Å²) in [6.07, 6.45) is 5.27. The molecule has 2 aromatic rings. The number of para-hydroxylation sites is 1. The van der Waals surface area contributed by atoms with Gasteiger partial charge in [-0.25, -0.2) is 0 Å². The molecular formula is C22H31NO3. The van der Waals surface area contributed by atoms with Crippen molar-refractivity contribution < 1.29 is 13.9 Å². The maximum atomic E-state index is 5.88. The average Bonchev–Trinajstić information content (AvgIpc) is 3.20. The number of hydrogen-bond acceptors (Lipinski definition) is 4. The highest BCUT2D eigenvalue weighted by molar-refractivity contribution is 5.39. The molecule has 0 spiro atoms. The Balaban J connectivity index is 1.64. The zero-order chi connectivity index (χ0) is 18.4. The number of nitrogens with one attached hydrogen (secondary N) is 1. The first kappa shape index (κ1) is 19.0. The van der Waals surface area contributed by atoms with Gasteiger partial charge in [-0.05, 0) is 49.9 Å². The smallest absolute Gasteiger partial charge is 0.122 e. The van der Waals surface area contributed by atoms with Crippen molar-refractivity contribution in [3.63, 3.8) is 0 Å². The van der Waals surface area contributed by atoms with Crippen LogP contribution >= 0.6 is 0 Å². The summed E-state index contributed by atoms with van der Waals surface area (Å²) in [4.78, 5) is 0. The lowest BCUT2D eigenvalue weighted by Crippen LogP contribution is -2.41. The minimum Gasteiger partial charge on any atom is -0.496 e. The highest BCUT2D eigenvalue weighted by Gasteiger charge is 2.25. The third-order valence-corrected chi connectivity index (χ3v) is 5.33. The number of rotatable bonds is 8. The van der Waals surface area contributed by atoms with Gasteiger partial charge in [0, 0.05) is 24.1 Å². The van der Waals surface area contributed by atoms with Crippen LogP contribution in [-0.2, 0) is 4.74 Å². The normalized spacial score (nSPS) is 21.7. The van der Waals surface area contributed by atoms with Crippen LogP contribution in [-0.4, -0.2) is 32.4 Å². The van der Waals surface area contributed by atoms with Crippen molar-refractivity contribution >= 4 is 0 Å². The Bertz CT molecular complexity index is 653. The number of furan rings is 1. The van der Waals surface area contributed by atoms with Gasteiger partial charge in [-0.1, -0.05) is 32.0 Å². The van der Waals surface area contributed by atoms with Crippen LogP contribution < -0.4 is 10.1 Å². The van der Waals surface area contributed by atoms with Gasteiger partial charge in [0.25, 0.3) is 0 Å². The second-order valence-corrected chi connectivity index (χ2v) is 7.43. The number of hydrogen-bond donors (Lipinski definition) is 1. The zero-order valence-electron chi connectivity index (χ0n) is 16.1. The largest absolute Gasteiger partial charge is 0.496 e. The molecule has 1 aromatic heterocycles. The van der Waals surface area contributed by atoms with Crippen molar-refractivity contribution in [1.82, 2.24) is 5.32 Å². The summed E-state index contributed by atoms with van der Waals surface area (Å²) in [5, 5.41) is 3.74. The Morgan fingerprint density at radius 3 is 2.77 bits per heavy atom. The van der Waals surface area contributed by atoms with E-state index in [4.69, 9.17) is 13.9 Å². The Kier molecular flexibility index (Phi) is 6.75. The minimum atomic E-state index is 0.189. The molecule has 1 saturated heterocycles. The predicted octanol–water partition coefficient (Wildman–Crippen LogP) is 4.60. The van der Waals surface area contributed by atoms with E-state index in [0.29, 0.717) is 18.1 Å². The van der Waals surface area contributed by atoms with E-state index >= 15 is 0 Å². The SMILES string of the molecule is COc1ccccc1[C@@H](CCN[C@@H]1CCO[C@H](C(C)C)C1)c1ccco1. The van der Waals surface area contributed by atoms with Crippen LogP contribution in [0.3, 0.4) is 0 Å². The highest BCUT2D eigenvalue weighted by atomic mass is 16.5. The van der Waals surface area contributed by atoms with E-state index in [0.717, 1.165) is 43.9 Å². The van der Waals surface area contributed by atoms with E-state index in [1.165, 1.54) is 5.56 Å². The molecule has 1 aliphatic heterocycles. The zero-order valence-corrected chi connectivity index (χ0v) is 16.1. The van der Waals surface area contributed by atoms with Crippen LogP contribution in [0.2, 0.25) is 0 Å². The van der Waals surface area contributed by atoms with Crippen molar-refractivity contribution in [3.05, 3.63) is 54.0 Å². The van der Waals surface area contributed by atoms with Crippen LogP contribution in [0.1, 0.15) is 50.4 Å². The van der Waals surface area contributed by atoms with E-state index in [-0.39, 0.29) is 5.92 Å². The standard InChI is InChI=1S/C22H31NO3/c1-16(2)22-15-17(11-14-26-22)23-12-10-19(21-9-6-13-25-21)18-7-4-5-8-20(18)24-3/h4-9,13,16-17,19,22-23H,10-12,14-15H2,1-3H3/t17-,19-,22+/m1/s1. The van der Waals surface area contributed by atoms with Gasteiger partial charge in [-0.15, -0.1) is 0 Å². The van der Waals surface area contributed by atoms with Gasteiger partial charge >= 0.3 is 0 Å². The van der Waals surface area contributed by atoms with E-state index in [9.17, 15) is 0 Å². The minimum absolute atomic E-state index is 0.189. The molecule has 3 atom stereocenters. The summed E-state index contributed by atoms with van der Waals surface area (Å²) in [6.45, 7) is 6.27. The van der Waals surface area contributed by atoms with E-state index in [1.807, 2.05) is 18.2 Å². The molecule has 0 bridgehead atoms. The Morgan fingerprint density at radius 2 is 2.04 bits per heavy atom. The van der Waals surface area contributed by atoms with E-state index in [1.54, 1.807) is 13.4 Å². The van der Waals surface area contributed by atoms with Gasteiger partial charge in [-0.3, -0.25) is 0 Å². The topological polar surface area (TPSA) is 43.6 Å². The molecule has 26 heavy (non-hydrogen) atoms. The molecule has 1 aromatic carbocycles. The van der Waals surface area contributed by atoms with Crippen molar-refractivity contribution in [1.29, 1.82) is 0 Å². The highest BCUT2D eigenvalue weighted by Crippen LogP contribution is 2.34. The molecule has 0 amide bonds. The summed E-state index contributed by atoms with van der Waals surface area (Å²) in [5.41, 5.74) is 1.18. The number of methoxy groups -OCH3 is 1. The summed E-state index contributed by atoms with van der Waals surface area (Å²) < 4.78 is 17.2. The molecule has 0 saturated carbocycles. The summed E-state index contributed by atoms with van der Waals surface area (Å²) in [7, 11) is 1.73. The predicted molar refractivity (Wildman–Crippen MR) is 104 cm³/mol. The van der Waals surface area contributed by atoms with Gasteiger partial charge in [0.05, 0.1) is 19.5 Å². The molecule has 3 rings (SSSR count). The molecule has 0 unspecified atom stereocenters. The van der Waals surface area contributed by atoms with Crippen LogP contribution in [0.15, 0.2) is 47.1 Å². The third-order valence-electron chi connectivity index (χ3n) is 5.33. The summed E-state index contributed by atoms with van der Waals surface area (Å²) in [5.74, 6) is 2.67. The van der Waals surface area contributed by atoms with E-state index in [2.05, 4.69) is 37.4 Å². The lowest BCUT2D eigenvalue weighted by atomic mass is 9.91. The fraction of sp³-hybridized carbons (Fsp3) is 0.545. The van der Waals surface area contributed by atoms with Crippen molar-refractivity contribution in [2.45, 2.75) is 51.2 Å². The molecule has 1 N–H and O–H groups in total. The molecule has 142 valence electrons. The van der Waals surface area contributed by atoms with Crippen LogP contribution in [0.4, 0.5) is 0 Å². The number of benzene rings is 1. The quantitative estimate of drug-likeness (QED) is 0.750.